The molecule has 4 rings (SSSR count). The summed E-state index contributed by atoms with van der Waals surface area (Å²) in [6, 6.07) is 17.3. The van der Waals surface area contributed by atoms with Crippen molar-refractivity contribution in [2.45, 2.75) is 67.4 Å². The van der Waals surface area contributed by atoms with Crippen molar-refractivity contribution >= 4 is 27.5 Å². The van der Waals surface area contributed by atoms with E-state index in [-0.39, 0.29) is 15.6 Å². The van der Waals surface area contributed by atoms with Crippen molar-refractivity contribution in [2.75, 3.05) is 0 Å². The summed E-state index contributed by atoms with van der Waals surface area (Å²) in [7, 11) is -3.68. The lowest BCUT2D eigenvalue weighted by Gasteiger charge is -2.48. The van der Waals surface area contributed by atoms with Crippen molar-refractivity contribution in [2.24, 2.45) is 16.4 Å². The zero-order valence-corrected chi connectivity index (χ0v) is 19.3. The lowest BCUT2D eigenvalue weighted by atomic mass is 9.59. The zero-order valence-electron chi connectivity index (χ0n) is 17.7. The molecule has 4 nitrogen and oxygen atoms in total. The molecule has 160 valence electrons. The summed E-state index contributed by atoms with van der Waals surface area (Å²) in [4.78, 5) is 4.04. The third-order valence-corrected chi connectivity index (χ3v) is 9.22. The molecule has 0 saturated heterocycles. The molecule has 0 spiro atoms. The van der Waals surface area contributed by atoms with Crippen molar-refractivity contribution in [3.05, 3.63) is 60.2 Å². The maximum Gasteiger partial charge on any atom is 0.276 e. The molecule has 0 heterocycles. The number of rotatable bonds is 5. The predicted molar refractivity (Wildman–Crippen MR) is 124 cm³/mol. The van der Waals surface area contributed by atoms with Crippen LogP contribution in [-0.2, 0) is 10.0 Å². The standard InChI is InChI=1S/C24H30N2O2S2/c1-18-11-14-21(15-12-18)30(27,28)26-25-23-22(29-20-9-4-3-5-10-20)16-13-19-8-6-7-17-24(19,23)2/h3-5,9-12,14-15,19,22,26H,6-8,13,16-17H2,1-2H3/b25-23+/t19-,22?,24+/m0/s1. The average molecular weight is 443 g/mol. The number of hydrogen-bond donors (Lipinski definition) is 1. The molecule has 0 bridgehead atoms. The van der Waals surface area contributed by atoms with E-state index < -0.39 is 10.0 Å². The van der Waals surface area contributed by atoms with Crippen LogP contribution in [0.4, 0.5) is 0 Å². The van der Waals surface area contributed by atoms with Gasteiger partial charge < -0.3 is 0 Å². The van der Waals surface area contributed by atoms with Gasteiger partial charge in [0.1, 0.15) is 0 Å². The maximum absolute atomic E-state index is 12.9. The average Bonchev–Trinajstić information content (AvgIpc) is 2.73. The molecule has 30 heavy (non-hydrogen) atoms. The van der Waals surface area contributed by atoms with Gasteiger partial charge in [0.05, 0.1) is 15.9 Å². The highest BCUT2D eigenvalue weighted by Gasteiger charge is 2.47. The molecular weight excluding hydrogens is 412 g/mol. The SMILES string of the molecule is Cc1ccc(S(=O)(=O)N/N=C2\C(Sc3ccccc3)CC[C@@H]3CCCC[C@@]23C)cc1. The van der Waals surface area contributed by atoms with E-state index in [2.05, 4.69) is 29.0 Å². The number of aryl methyl sites for hydroxylation is 1. The second kappa shape index (κ2) is 8.75. The molecule has 1 N–H and O–H groups in total. The largest absolute Gasteiger partial charge is 0.276 e. The first-order chi connectivity index (χ1) is 14.4. The van der Waals surface area contributed by atoms with Crippen molar-refractivity contribution in [1.82, 2.24) is 4.83 Å². The fraction of sp³-hybridized carbons (Fsp3) is 0.458. The van der Waals surface area contributed by atoms with E-state index >= 15 is 0 Å². The molecule has 0 aromatic heterocycles. The van der Waals surface area contributed by atoms with Crippen LogP contribution >= 0.6 is 11.8 Å². The molecule has 0 aliphatic heterocycles. The quantitative estimate of drug-likeness (QED) is 0.597. The first-order valence-electron chi connectivity index (χ1n) is 10.8. The summed E-state index contributed by atoms with van der Waals surface area (Å²) in [6.07, 6.45) is 6.95. The number of nitrogens with zero attached hydrogens (tertiary/aromatic N) is 1. The number of fused-ring (bicyclic) bond motifs is 1. The van der Waals surface area contributed by atoms with Gasteiger partial charge in [-0.25, -0.2) is 4.83 Å². The second-order valence-electron chi connectivity index (χ2n) is 8.76. The van der Waals surface area contributed by atoms with Crippen LogP contribution in [0.25, 0.3) is 0 Å². The molecule has 0 amide bonds. The van der Waals surface area contributed by atoms with Crippen LogP contribution in [0, 0.1) is 18.3 Å². The van der Waals surface area contributed by atoms with Gasteiger partial charge >= 0.3 is 0 Å². The molecule has 2 fully saturated rings. The van der Waals surface area contributed by atoms with Gasteiger partial charge in [0.15, 0.2) is 0 Å². The molecule has 3 atom stereocenters. The fourth-order valence-electron chi connectivity index (χ4n) is 4.92. The Balaban J connectivity index is 1.65. The molecular formula is C24H30N2O2S2. The van der Waals surface area contributed by atoms with Gasteiger partial charge in [0.2, 0.25) is 0 Å². The smallest absolute Gasteiger partial charge is 0.200 e. The summed E-state index contributed by atoms with van der Waals surface area (Å²) < 4.78 is 25.8. The van der Waals surface area contributed by atoms with Gasteiger partial charge in [-0.15, -0.1) is 11.8 Å². The Kier molecular flexibility index (Phi) is 6.26. The van der Waals surface area contributed by atoms with Crippen LogP contribution in [0.3, 0.4) is 0 Å². The number of sulfonamides is 1. The van der Waals surface area contributed by atoms with Gasteiger partial charge in [-0.1, -0.05) is 55.7 Å². The van der Waals surface area contributed by atoms with Crippen LogP contribution < -0.4 is 4.83 Å². The highest BCUT2D eigenvalue weighted by molar-refractivity contribution is 8.00. The minimum Gasteiger partial charge on any atom is -0.200 e. The van der Waals surface area contributed by atoms with Crippen molar-refractivity contribution in [3.8, 4) is 0 Å². The molecule has 2 aromatic rings. The zero-order chi connectivity index (χ0) is 21.2. The Hall–Kier alpha value is -1.79. The highest BCUT2D eigenvalue weighted by atomic mass is 32.2. The highest BCUT2D eigenvalue weighted by Crippen LogP contribution is 2.51. The molecule has 2 aliphatic rings. The molecule has 1 unspecified atom stereocenters. The van der Waals surface area contributed by atoms with Crippen LogP contribution in [-0.4, -0.2) is 19.4 Å². The van der Waals surface area contributed by atoms with E-state index in [1.807, 2.05) is 49.0 Å². The normalized spacial score (nSPS) is 28.1. The minimum absolute atomic E-state index is 0.0429. The van der Waals surface area contributed by atoms with E-state index in [1.54, 1.807) is 12.1 Å². The van der Waals surface area contributed by atoms with E-state index in [4.69, 9.17) is 0 Å². The lowest BCUT2D eigenvalue weighted by molar-refractivity contribution is 0.163. The summed E-state index contributed by atoms with van der Waals surface area (Å²) >= 11 is 1.81. The molecule has 6 heteroatoms. The first kappa shape index (κ1) is 21.4. The third kappa shape index (κ3) is 4.45. The lowest BCUT2D eigenvalue weighted by Crippen LogP contribution is -2.48. The first-order valence-corrected chi connectivity index (χ1v) is 13.1. The van der Waals surface area contributed by atoms with Gasteiger partial charge in [-0.2, -0.15) is 13.5 Å². The van der Waals surface area contributed by atoms with Crippen LogP contribution in [0.15, 0.2) is 69.5 Å². The Morgan fingerprint density at radius 3 is 2.47 bits per heavy atom. The van der Waals surface area contributed by atoms with Crippen LogP contribution in [0.2, 0.25) is 0 Å². The fourth-order valence-corrected chi connectivity index (χ4v) is 7.07. The van der Waals surface area contributed by atoms with E-state index in [1.165, 1.54) is 30.6 Å². The number of hydrogen-bond acceptors (Lipinski definition) is 4. The van der Waals surface area contributed by atoms with Gasteiger partial charge in [0, 0.05) is 10.3 Å². The third-order valence-electron chi connectivity index (χ3n) is 6.71. The number of nitrogens with one attached hydrogen (secondary N) is 1. The second-order valence-corrected chi connectivity index (χ2v) is 11.7. The van der Waals surface area contributed by atoms with Crippen LogP contribution in [0.1, 0.15) is 51.0 Å². The monoisotopic (exact) mass is 442 g/mol. The summed E-state index contributed by atoms with van der Waals surface area (Å²) in [5.74, 6) is 0.585. The molecule has 2 aromatic carbocycles. The van der Waals surface area contributed by atoms with E-state index in [0.29, 0.717) is 5.92 Å². The molecule has 2 saturated carbocycles. The minimum atomic E-state index is -3.68. The van der Waals surface area contributed by atoms with E-state index in [9.17, 15) is 8.42 Å². The Labute approximate surface area is 184 Å². The van der Waals surface area contributed by atoms with Crippen LogP contribution in [0.5, 0.6) is 0 Å². The summed E-state index contributed by atoms with van der Waals surface area (Å²) in [5, 5.41) is 4.83. The Morgan fingerprint density at radius 2 is 1.73 bits per heavy atom. The Bertz CT molecular complexity index is 1000. The van der Waals surface area contributed by atoms with Crippen molar-refractivity contribution in [1.29, 1.82) is 0 Å². The number of hydrazone groups is 1. The van der Waals surface area contributed by atoms with Gasteiger partial charge in [-0.3, -0.25) is 0 Å². The van der Waals surface area contributed by atoms with Gasteiger partial charge in [0.25, 0.3) is 10.0 Å². The molecule has 2 aliphatic carbocycles. The molecule has 0 radical (unpaired) electrons. The van der Waals surface area contributed by atoms with Gasteiger partial charge in [-0.05, 0) is 62.8 Å². The summed E-state index contributed by atoms with van der Waals surface area (Å²) in [6.45, 7) is 4.25. The Morgan fingerprint density at radius 1 is 1.00 bits per heavy atom. The topological polar surface area (TPSA) is 58.5 Å². The van der Waals surface area contributed by atoms with Crippen molar-refractivity contribution < 1.29 is 8.42 Å². The number of benzene rings is 2. The van der Waals surface area contributed by atoms with E-state index in [0.717, 1.165) is 24.1 Å². The predicted octanol–water partition coefficient (Wildman–Crippen LogP) is 5.78. The maximum atomic E-state index is 12.9. The summed E-state index contributed by atoms with van der Waals surface area (Å²) in [5.41, 5.74) is 2.01. The number of thioether (sulfide) groups is 1. The van der Waals surface area contributed by atoms with Crippen molar-refractivity contribution in [3.63, 3.8) is 0 Å².